The smallest absolute Gasteiger partial charge is 0.208 e. The van der Waals surface area contributed by atoms with Crippen LogP contribution in [0.15, 0.2) is 28.0 Å². The van der Waals surface area contributed by atoms with Gasteiger partial charge >= 0.3 is 0 Å². The van der Waals surface area contributed by atoms with Gasteiger partial charge in [0.2, 0.25) is 9.84 Å². The normalized spacial score (nSPS) is 21.1. The minimum atomic E-state index is -3.50. The van der Waals surface area contributed by atoms with Gasteiger partial charge in [0.05, 0.1) is 4.91 Å². The summed E-state index contributed by atoms with van der Waals surface area (Å²) in [5.74, 6) is -0.167. The van der Waals surface area contributed by atoms with Gasteiger partial charge < -0.3 is 10.4 Å². The van der Waals surface area contributed by atoms with Crippen molar-refractivity contribution >= 4 is 15.9 Å². The van der Waals surface area contributed by atoms with Gasteiger partial charge in [-0.3, -0.25) is 0 Å². The fourth-order valence-electron chi connectivity index (χ4n) is 2.01. The molecule has 1 heterocycles. The molecule has 0 spiro atoms. The molecule has 17 heavy (non-hydrogen) atoms. The van der Waals surface area contributed by atoms with Crippen LogP contribution in [-0.4, -0.2) is 26.1 Å². The monoisotopic (exact) mass is 251 g/mol. The van der Waals surface area contributed by atoms with Crippen molar-refractivity contribution in [2.75, 3.05) is 6.54 Å². The van der Waals surface area contributed by atoms with Crippen molar-refractivity contribution < 1.29 is 13.5 Å². The molecule has 1 aliphatic heterocycles. The summed E-state index contributed by atoms with van der Waals surface area (Å²) in [5, 5.41) is 12.8. The molecule has 5 heteroatoms. The summed E-state index contributed by atoms with van der Waals surface area (Å²) >= 11 is 0. The molecule has 2 N–H and O–H groups in total. The van der Waals surface area contributed by atoms with Gasteiger partial charge in [-0.05, 0) is 30.5 Å². The van der Waals surface area contributed by atoms with E-state index in [-0.39, 0.29) is 10.6 Å². The Kier molecular flexibility index (Phi) is 2.27. The zero-order valence-corrected chi connectivity index (χ0v) is 10.00. The van der Waals surface area contributed by atoms with E-state index >= 15 is 0 Å². The molecule has 1 fully saturated rings. The Hall–Kier alpha value is -1.33. The van der Waals surface area contributed by atoms with Gasteiger partial charge in [0.15, 0.2) is 0 Å². The summed E-state index contributed by atoms with van der Waals surface area (Å²) in [4.78, 5) is 0.397. The third-order valence-electron chi connectivity index (χ3n) is 3.10. The van der Waals surface area contributed by atoms with Crippen LogP contribution >= 0.6 is 0 Å². The van der Waals surface area contributed by atoms with Gasteiger partial charge in [-0.2, -0.15) is 0 Å². The number of sulfone groups is 1. The van der Waals surface area contributed by atoms with Crippen LogP contribution in [0.3, 0.4) is 0 Å². The highest BCUT2D eigenvalue weighted by molar-refractivity contribution is 7.96. The van der Waals surface area contributed by atoms with Gasteiger partial charge in [-0.15, -0.1) is 0 Å². The van der Waals surface area contributed by atoms with Crippen LogP contribution in [0.2, 0.25) is 0 Å². The lowest BCUT2D eigenvalue weighted by Gasteiger charge is -2.05. The molecule has 0 bridgehead atoms. The number of phenolic OH excluding ortho intramolecular Hbond substituents is 1. The molecule has 1 aliphatic carbocycles. The largest absolute Gasteiger partial charge is 0.507 e. The zero-order valence-electron chi connectivity index (χ0n) is 9.18. The first kappa shape index (κ1) is 10.8. The molecule has 0 radical (unpaired) electrons. The third kappa shape index (κ3) is 1.75. The molecule has 1 aromatic rings. The van der Waals surface area contributed by atoms with Crippen molar-refractivity contribution in [3.05, 3.63) is 28.7 Å². The van der Waals surface area contributed by atoms with E-state index in [0.29, 0.717) is 23.1 Å². The molecule has 0 amide bonds. The first-order chi connectivity index (χ1) is 8.09. The second kappa shape index (κ2) is 3.58. The van der Waals surface area contributed by atoms with E-state index in [9.17, 15) is 13.5 Å². The van der Waals surface area contributed by atoms with Gasteiger partial charge in [-0.25, -0.2) is 8.42 Å². The summed E-state index contributed by atoms with van der Waals surface area (Å²) < 4.78 is 24.3. The lowest BCUT2D eigenvalue weighted by molar-refractivity contribution is 0.459. The van der Waals surface area contributed by atoms with Gasteiger partial charge in [0.1, 0.15) is 10.6 Å². The van der Waals surface area contributed by atoms with Gasteiger partial charge in [0, 0.05) is 12.6 Å². The zero-order chi connectivity index (χ0) is 12.0. The number of hydrogen-bond donors (Lipinski definition) is 2. The minimum Gasteiger partial charge on any atom is -0.507 e. The quantitative estimate of drug-likeness (QED) is 0.849. The van der Waals surface area contributed by atoms with Crippen molar-refractivity contribution in [3.8, 4) is 5.75 Å². The predicted molar refractivity (Wildman–Crippen MR) is 64.3 cm³/mol. The predicted octanol–water partition coefficient (Wildman–Crippen LogP) is 1.27. The maximum absolute atomic E-state index is 12.2. The number of aromatic hydroxyl groups is 1. The van der Waals surface area contributed by atoms with Gasteiger partial charge in [0.25, 0.3) is 0 Å². The molecule has 0 saturated heterocycles. The SMILES string of the molecule is O=S1(=O)C(CNC2CC2)=Cc2cccc(O)c21. The Morgan fingerprint density at radius 3 is 2.76 bits per heavy atom. The topological polar surface area (TPSA) is 66.4 Å². The highest BCUT2D eigenvalue weighted by atomic mass is 32.2. The Morgan fingerprint density at radius 2 is 2.12 bits per heavy atom. The van der Waals surface area contributed by atoms with Crippen LogP contribution in [-0.2, 0) is 9.84 Å². The fourth-order valence-corrected chi connectivity index (χ4v) is 3.61. The Balaban J connectivity index is 1.96. The molecule has 3 rings (SSSR count). The molecule has 1 aromatic carbocycles. The highest BCUT2D eigenvalue weighted by Crippen LogP contribution is 2.38. The van der Waals surface area contributed by atoms with Crippen LogP contribution in [0.25, 0.3) is 6.08 Å². The van der Waals surface area contributed by atoms with E-state index < -0.39 is 9.84 Å². The number of benzene rings is 1. The lowest BCUT2D eigenvalue weighted by atomic mass is 10.2. The van der Waals surface area contributed by atoms with Crippen molar-refractivity contribution in [2.45, 2.75) is 23.8 Å². The Morgan fingerprint density at radius 1 is 1.35 bits per heavy atom. The van der Waals surface area contributed by atoms with Crippen LogP contribution in [0, 0.1) is 0 Å². The van der Waals surface area contributed by atoms with Crippen molar-refractivity contribution in [1.82, 2.24) is 5.32 Å². The first-order valence-corrected chi connectivity index (χ1v) is 7.08. The average molecular weight is 251 g/mol. The molecule has 0 atom stereocenters. The van der Waals surface area contributed by atoms with E-state index in [1.165, 1.54) is 6.07 Å². The van der Waals surface area contributed by atoms with Gasteiger partial charge in [-0.1, -0.05) is 12.1 Å². The fraction of sp³-hybridized carbons (Fsp3) is 0.333. The van der Waals surface area contributed by atoms with Crippen molar-refractivity contribution in [1.29, 1.82) is 0 Å². The lowest BCUT2D eigenvalue weighted by Crippen LogP contribution is -2.21. The molecule has 0 unspecified atom stereocenters. The maximum Gasteiger partial charge on any atom is 0.208 e. The number of fused-ring (bicyclic) bond motifs is 1. The van der Waals surface area contributed by atoms with Crippen molar-refractivity contribution in [2.24, 2.45) is 0 Å². The second-order valence-corrected chi connectivity index (χ2v) is 6.40. The standard InChI is InChI=1S/C12H13NO3S/c14-11-3-1-2-8-6-10(7-13-9-4-5-9)17(15,16)12(8)11/h1-3,6,9,13-14H,4-5,7H2. The van der Waals surface area contributed by atoms with E-state index in [1.54, 1.807) is 18.2 Å². The van der Waals surface area contributed by atoms with Crippen LogP contribution < -0.4 is 5.32 Å². The molecule has 0 aromatic heterocycles. The summed E-state index contributed by atoms with van der Waals surface area (Å²) in [6.07, 6.45) is 3.87. The first-order valence-electron chi connectivity index (χ1n) is 5.60. The van der Waals surface area contributed by atoms with Crippen molar-refractivity contribution in [3.63, 3.8) is 0 Å². The molecule has 4 nitrogen and oxygen atoms in total. The molecular formula is C12H13NO3S. The molecule has 90 valence electrons. The number of phenols is 1. The van der Waals surface area contributed by atoms with E-state index in [0.717, 1.165) is 12.8 Å². The van der Waals surface area contributed by atoms with E-state index in [2.05, 4.69) is 5.32 Å². The van der Waals surface area contributed by atoms with Crippen LogP contribution in [0.4, 0.5) is 0 Å². The van der Waals surface area contributed by atoms with E-state index in [1.807, 2.05) is 0 Å². The number of rotatable bonds is 3. The minimum absolute atomic E-state index is 0.0487. The summed E-state index contributed by atoms with van der Waals surface area (Å²) in [6.45, 7) is 0.348. The molecule has 1 saturated carbocycles. The number of nitrogens with one attached hydrogen (secondary N) is 1. The highest BCUT2D eigenvalue weighted by Gasteiger charge is 2.33. The molecular weight excluding hydrogens is 238 g/mol. The van der Waals surface area contributed by atoms with Crippen LogP contribution in [0.1, 0.15) is 18.4 Å². The Bertz CT molecular complexity index is 600. The average Bonchev–Trinajstić information content (AvgIpc) is 3.03. The second-order valence-electron chi connectivity index (χ2n) is 4.46. The summed E-state index contributed by atoms with van der Waals surface area (Å²) in [7, 11) is -3.50. The maximum atomic E-state index is 12.2. The van der Waals surface area contributed by atoms with Crippen LogP contribution in [0.5, 0.6) is 5.75 Å². The molecule has 2 aliphatic rings. The third-order valence-corrected chi connectivity index (χ3v) is 5.03. The summed E-state index contributed by atoms with van der Waals surface area (Å²) in [5.41, 5.74) is 0.581. The number of hydrogen-bond acceptors (Lipinski definition) is 4. The summed E-state index contributed by atoms with van der Waals surface area (Å²) in [6, 6.07) is 5.22. The Labute approximate surface area is 99.9 Å². The van der Waals surface area contributed by atoms with E-state index in [4.69, 9.17) is 0 Å².